The van der Waals surface area contributed by atoms with Gasteiger partial charge in [-0.15, -0.1) is 0 Å². The van der Waals surface area contributed by atoms with Crippen molar-refractivity contribution in [3.05, 3.63) is 58.1 Å². The number of carbonyl (C=O) groups is 2. The van der Waals surface area contributed by atoms with Gasteiger partial charge in [0.2, 0.25) is 0 Å². The Morgan fingerprint density at radius 3 is 2.57 bits per heavy atom. The number of hydrazone groups is 1. The van der Waals surface area contributed by atoms with Crippen LogP contribution in [0.15, 0.2) is 52.0 Å². The van der Waals surface area contributed by atoms with Crippen LogP contribution in [0.25, 0.3) is 0 Å². The zero-order valence-corrected chi connectivity index (χ0v) is 16.9. The van der Waals surface area contributed by atoms with Crippen LogP contribution in [-0.2, 0) is 16.2 Å². The monoisotopic (exact) mass is 445 g/mol. The van der Waals surface area contributed by atoms with Gasteiger partial charge in [0.15, 0.2) is 11.5 Å². The van der Waals surface area contributed by atoms with Gasteiger partial charge in [-0.2, -0.15) is 5.10 Å². The summed E-state index contributed by atoms with van der Waals surface area (Å²) < 4.78 is 12.2. The van der Waals surface area contributed by atoms with E-state index in [-0.39, 0.29) is 6.04 Å². The van der Waals surface area contributed by atoms with E-state index in [9.17, 15) is 9.59 Å². The summed E-state index contributed by atoms with van der Waals surface area (Å²) in [6.45, 7) is 0.406. The predicted molar refractivity (Wildman–Crippen MR) is 108 cm³/mol. The lowest BCUT2D eigenvalue weighted by molar-refractivity contribution is -0.139. The maximum atomic E-state index is 11.6. The number of hydrogen-bond acceptors (Lipinski definition) is 5. The number of amides is 2. The fraction of sp³-hybridized carbons (Fsp3) is 0.250. The van der Waals surface area contributed by atoms with E-state index in [2.05, 4.69) is 31.8 Å². The minimum Gasteiger partial charge on any atom is -0.493 e. The van der Waals surface area contributed by atoms with E-state index in [1.54, 1.807) is 25.3 Å². The number of hydrogen-bond donors (Lipinski definition) is 2. The van der Waals surface area contributed by atoms with Crippen LogP contribution >= 0.6 is 15.9 Å². The molecule has 2 amide bonds. The summed E-state index contributed by atoms with van der Waals surface area (Å²) in [5.74, 6) is -0.326. The SMILES string of the molecule is COc1cc(/C=N\NC(=O)C(=O)NC2CC2)ccc1OCc1ccc(Br)cc1. The van der Waals surface area contributed by atoms with Crippen LogP contribution in [0.2, 0.25) is 0 Å². The molecule has 0 atom stereocenters. The minimum absolute atomic E-state index is 0.122. The lowest BCUT2D eigenvalue weighted by atomic mass is 10.2. The molecule has 2 N–H and O–H groups in total. The van der Waals surface area contributed by atoms with E-state index in [4.69, 9.17) is 9.47 Å². The molecule has 1 aliphatic carbocycles. The topological polar surface area (TPSA) is 89.0 Å². The summed E-state index contributed by atoms with van der Waals surface area (Å²) in [5, 5.41) is 6.41. The van der Waals surface area contributed by atoms with E-state index < -0.39 is 11.8 Å². The second kappa shape index (κ2) is 9.36. The first-order chi connectivity index (χ1) is 13.5. The molecule has 0 aliphatic heterocycles. The van der Waals surface area contributed by atoms with Crippen LogP contribution in [0.3, 0.4) is 0 Å². The Kier molecular flexibility index (Phi) is 6.65. The number of nitrogens with zero attached hydrogens (tertiary/aromatic N) is 1. The van der Waals surface area contributed by atoms with Gasteiger partial charge in [-0.25, -0.2) is 5.43 Å². The predicted octanol–water partition coefficient (Wildman–Crippen LogP) is 2.77. The van der Waals surface area contributed by atoms with Gasteiger partial charge in [-0.3, -0.25) is 9.59 Å². The largest absolute Gasteiger partial charge is 0.493 e. The molecule has 3 rings (SSSR count). The van der Waals surface area contributed by atoms with E-state index in [1.165, 1.54) is 6.21 Å². The number of carbonyl (C=O) groups excluding carboxylic acids is 2. The molecule has 0 saturated heterocycles. The average Bonchev–Trinajstić information content (AvgIpc) is 3.51. The van der Waals surface area contributed by atoms with Crippen molar-refractivity contribution < 1.29 is 19.1 Å². The first-order valence-corrected chi connectivity index (χ1v) is 9.53. The quantitative estimate of drug-likeness (QED) is 0.389. The number of methoxy groups -OCH3 is 1. The van der Waals surface area contributed by atoms with Crippen molar-refractivity contribution >= 4 is 34.0 Å². The van der Waals surface area contributed by atoms with Crippen molar-refractivity contribution in [2.45, 2.75) is 25.5 Å². The van der Waals surface area contributed by atoms with Crippen molar-refractivity contribution in [2.24, 2.45) is 5.10 Å². The molecule has 2 aromatic carbocycles. The summed E-state index contributed by atoms with van der Waals surface area (Å²) in [4.78, 5) is 23.2. The second-order valence-corrected chi connectivity index (χ2v) is 7.19. The Balaban J connectivity index is 1.56. The third kappa shape index (κ3) is 5.82. The molecule has 0 radical (unpaired) electrons. The Hall–Kier alpha value is -2.87. The summed E-state index contributed by atoms with van der Waals surface area (Å²) in [7, 11) is 1.55. The summed E-state index contributed by atoms with van der Waals surface area (Å²) in [5.41, 5.74) is 3.93. The molecule has 1 fully saturated rings. The number of ether oxygens (including phenoxy) is 2. The highest BCUT2D eigenvalue weighted by Gasteiger charge is 2.26. The van der Waals surface area contributed by atoms with E-state index in [1.807, 2.05) is 24.3 Å². The van der Waals surface area contributed by atoms with Crippen molar-refractivity contribution in [1.29, 1.82) is 0 Å². The van der Waals surface area contributed by atoms with Gasteiger partial charge >= 0.3 is 11.8 Å². The standard InChI is InChI=1S/C20H20BrN3O4/c1-27-18-10-14(11-22-24-20(26)19(25)23-16-7-8-16)4-9-17(18)28-12-13-2-5-15(21)6-3-13/h2-6,9-11,16H,7-8,12H2,1H3,(H,23,25)(H,24,26)/b22-11-. The summed E-state index contributed by atoms with van der Waals surface area (Å²) in [6, 6.07) is 13.2. The molecule has 1 aliphatic rings. The first kappa shape index (κ1) is 19.9. The van der Waals surface area contributed by atoms with Gasteiger partial charge in [0.25, 0.3) is 0 Å². The van der Waals surface area contributed by atoms with Crippen LogP contribution in [0.4, 0.5) is 0 Å². The Labute approximate surface area is 171 Å². The summed E-state index contributed by atoms with van der Waals surface area (Å²) >= 11 is 3.40. The molecule has 146 valence electrons. The molecular weight excluding hydrogens is 426 g/mol. The maximum Gasteiger partial charge on any atom is 0.329 e. The van der Waals surface area contributed by atoms with E-state index in [0.29, 0.717) is 23.7 Å². The highest BCUT2D eigenvalue weighted by atomic mass is 79.9. The number of halogens is 1. The highest BCUT2D eigenvalue weighted by Crippen LogP contribution is 2.28. The number of benzene rings is 2. The van der Waals surface area contributed by atoms with Gasteiger partial charge in [0.05, 0.1) is 13.3 Å². The zero-order chi connectivity index (χ0) is 19.9. The van der Waals surface area contributed by atoms with Gasteiger partial charge in [-0.1, -0.05) is 28.1 Å². The highest BCUT2D eigenvalue weighted by molar-refractivity contribution is 9.10. The fourth-order valence-corrected chi connectivity index (χ4v) is 2.58. The van der Waals surface area contributed by atoms with Crippen LogP contribution in [0.5, 0.6) is 11.5 Å². The van der Waals surface area contributed by atoms with Gasteiger partial charge in [0, 0.05) is 10.5 Å². The van der Waals surface area contributed by atoms with Gasteiger partial charge in [-0.05, 0) is 54.3 Å². The Morgan fingerprint density at radius 2 is 1.89 bits per heavy atom. The Bertz CT molecular complexity index is 880. The first-order valence-electron chi connectivity index (χ1n) is 8.74. The molecule has 8 heteroatoms. The molecule has 28 heavy (non-hydrogen) atoms. The molecule has 0 unspecified atom stereocenters. The fourth-order valence-electron chi connectivity index (χ4n) is 2.32. The number of rotatable bonds is 7. The second-order valence-electron chi connectivity index (χ2n) is 6.27. The van der Waals surface area contributed by atoms with Gasteiger partial charge in [0.1, 0.15) is 6.61 Å². The zero-order valence-electron chi connectivity index (χ0n) is 15.3. The summed E-state index contributed by atoms with van der Waals surface area (Å²) in [6.07, 6.45) is 3.26. The van der Waals surface area contributed by atoms with Crippen molar-refractivity contribution in [2.75, 3.05) is 7.11 Å². The van der Waals surface area contributed by atoms with Crippen LogP contribution in [0, 0.1) is 0 Å². The molecule has 2 aromatic rings. The van der Waals surface area contributed by atoms with Crippen molar-refractivity contribution in [1.82, 2.24) is 10.7 Å². The lowest BCUT2D eigenvalue weighted by Crippen LogP contribution is -2.38. The molecule has 0 heterocycles. The van der Waals surface area contributed by atoms with E-state index in [0.717, 1.165) is 22.9 Å². The van der Waals surface area contributed by atoms with Crippen molar-refractivity contribution in [3.63, 3.8) is 0 Å². The van der Waals surface area contributed by atoms with E-state index >= 15 is 0 Å². The van der Waals surface area contributed by atoms with Crippen molar-refractivity contribution in [3.8, 4) is 11.5 Å². The minimum atomic E-state index is -0.787. The molecule has 0 spiro atoms. The van der Waals surface area contributed by atoms with Crippen LogP contribution < -0.4 is 20.2 Å². The normalized spacial score (nSPS) is 13.2. The molecule has 1 saturated carbocycles. The molecule has 0 aromatic heterocycles. The third-order valence-corrected chi connectivity index (χ3v) is 4.52. The smallest absolute Gasteiger partial charge is 0.329 e. The molecular formula is C20H20BrN3O4. The Morgan fingerprint density at radius 1 is 1.14 bits per heavy atom. The maximum absolute atomic E-state index is 11.6. The van der Waals surface area contributed by atoms with Crippen LogP contribution in [-0.4, -0.2) is 31.2 Å². The van der Waals surface area contributed by atoms with Gasteiger partial charge < -0.3 is 14.8 Å². The third-order valence-electron chi connectivity index (χ3n) is 3.99. The molecule has 0 bridgehead atoms. The average molecular weight is 446 g/mol. The van der Waals surface area contributed by atoms with Crippen LogP contribution in [0.1, 0.15) is 24.0 Å². The molecule has 7 nitrogen and oxygen atoms in total. The number of nitrogens with one attached hydrogen (secondary N) is 2. The lowest BCUT2D eigenvalue weighted by Gasteiger charge is -2.11.